The van der Waals surface area contributed by atoms with Crippen LogP contribution in [-0.4, -0.2) is 34.7 Å². The van der Waals surface area contributed by atoms with Gasteiger partial charge >= 0.3 is 166 Å². The average Bonchev–Trinajstić information content (AvgIpc) is 2.69. The zero-order valence-corrected chi connectivity index (χ0v) is 20.1. The maximum atomic E-state index is 10.2. The van der Waals surface area contributed by atoms with E-state index < -0.39 is 24.5 Å². The van der Waals surface area contributed by atoms with Crippen molar-refractivity contribution in [3.8, 4) is 0 Å². The third-order valence-corrected chi connectivity index (χ3v) is 19.7. The van der Waals surface area contributed by atoms with Gasteiger partial charge in [-0.3, -0.25) is 0 Å². The molecule has 0 saturated carbocycles. The van der Waals surface area contributed by atoms with Crippen LogP contribution < -0.4 is 0 Å². The quantitative estimate of drug-likeness (QED) is 0.177. The molecular weight excluding hydrogens is 427 g/mol. The van der Waals surface area contributed by atoms with Crippen LogP contribution in [0.1, 0.15) is 71.0 Å². The van der Waals surface area contributed by atoms with Gasteiger partial charge in [0.25, 0.3) is 0 Å². The molecule has 1 aromatic carbocycles. The third-order valence-electron chi connectivity index (χ3n) is 5.26. The van der Waals surface area contributed by atoms with Gasteiger partial charge in [-0.2, -0.15) is 0 Å². The summed E-state index contributed by atoms with van der Waals surface area (Å²) >= 11 is -2.17. The van der Waals surface area contributed by atoms with E-state index in [1.807, 2.05) is 42.5 Å². The van der Waals surface area contributed by atoms with Crippen LogP contribution in [0.4, 0.5) is 0 Å². The maximum absolute atomic E-state index is 10.2. The van der Waals surface area contributed by atoms with Gasteiger partial charge in [0.2, 0.25) is 0 Å². The Kier molecular flexibility index (Phi) is 13.4. The van der Waals surface area contributed by atoms with Gasteiger partial charge in [-0.05, 0) is 0 Å². The van der Waals surface area contributed by atoms with Gasteiger partial charge in [0, 0.05) is 0 Å². The normalized spacial score (nSPS) is 13.4. The predicted molar refractivity (Wildman–Crippen MR) is 116 cm³/mol. The fourth-order valence-electron chi connectivity index (χ4n) is 3.54. The minimum atomic E-state index is -2.17. The number of hydrogen-bond acceptors (Lipinski definition) is 2. The van der Waals surface area contributed by atoms with Gasteiger partial charge in [-0.1, -0.05) is 0 Å². The molecule has 1 N–H and O–H groups in total. The number of aliphatic hydroxyl groups excluding tert-OH is 1. The van der Waals surface area contributed by atoms with E-state index in [2.05, 4.69) is 20.8 Å². The average molecular weight is 467 g/mol. The molecule has 0 spiro atoms. The first-order chi connectivity index (χ1) is 12.7. The number of unbranched alkanes of at least 4 members (excludes halogenated alkanes) is 3. The Morgan fingerprint density at radius 1 is 0.923 bits per heavy atom. The SMILES string of the molecule is CCC[CH2][Sn]([CH2]CCC)([CH2]CCC)[CH2]OC/C=C\C(O)c1ccccc1. The molecule has 0 aromatic heterocycles. The molecule has 1 unspecified atom stereocenters. The molecule has 3 heteroatoms. The summed E-state index contributed by atoms with van der Waals surface area (Å²) in [6, 6.07) is 9.80. The first kappa shape index (κ1) is 23.7. The number of ether oxygens (including phenoxy) is 1. The summed E-state index contributed by atoms with van der Waals surface area (Å²) in [5.74, 6) is 0. The van der Waals surface area contributed by atoms with Crippen LogP contribution in [0.2, 0.25) is 13.3 Å². The van der Waals surface area contributed by atoms with Crippen molar-refractivity contribution in [3.63, 3.8) is 0 Å². The molecule has 1 rings (SSSR count). The minimum absolute atomic E-state index is 0.534. The van der Waals surface area contributed by atoms with Gasteiger partial charge in [-0.25, -0.2) is 0 Å². The van der Waals surface area contributed by atoms with Crippen molar-refractivity contribution in [1.29, 1.82) is 0 Å². The number of aliphatic hydroxyl groups is 1. The van der Waals surface area contributed by atoms with Crippen molar-refractivity contribution in [2.24, 2.45) is 0 Å². The Labute approximate surface area is 165 Å². The zero-order valence-electron chi connectivity index (χ0n) is 17.3. The molecular formula is C23H40O2Sn. The number of hydrogen-bond donors (Lipinski definition) is 1. The molecule has 0 heterocycles. The molecule has 0 saturated heterocycles. The Morgan fingerprint density at radius 3 is 1.96 bits per heavy atom. The van der Waals surface area contributed by atoms with E-state index in [0.29, 0.717) is 6.61 Å². The monoisotopic (exact) mass is 468 g/mol. The van der Waals surface area contributed by atoms with Crippen LogP contribution in [0.25, 0.3) is 0 Å². The fourth-order valence-corrected chi connectivity index (χ4v) is 17.9. The van der Waals surface area contributed by atoms with Gasteiger partial charge in [0.15, 0.2) is 0 Å². The number of benzene rings is 1. The molecule has 0 fully saturated rings. The topological polar surface area (TPSA) is 29.5 Å². The summed E-state index contributed by atoms with van der Waals surface area (Å²) in [5, 5.41) is 10.2. The van der Waals surface area contributed by atoms with E-state index >= 15 is 0 Å². The van der Waals surface area contributed by atoms with Crippen LogP contribution in [-0.2, 0) is 4.74 Å². The molecule has 2 nitrogen and oxygen atoms in total. The Hall–Kier alpha value is -0.321. The summed E-state index contributed by atoms with van der Waals surface area (Å²) in [6.45, 7) is 7.56. The van der Waals surface area contributed by atoms with Crippen molar-refractivity contribution in [1.82, 2.24) is 0 Å². The second-order valence-electron chi connectivity index (χ2n) is 7.61. The molecule has 0 aliphatic rings. The first-order valence-corrected chi connectivity index (χ1v) is 18.7. The Balaban J connectivity index is 2.53. The zero-order chi connectivity index (χ0) is 19.1. The fraction of sp³-hybridized carbons (Fsp3) is 0.652. The molecule has 0 amide bonds. The molecule has 1 aromatic rings. The summed E-state index contributed by atoms with van der Waals surface area (Å²) < 4.78 is 11.7. The molecule has 26 heavy (non-hydrogen) atoms. The van der Waals surface area contributed by atoms with Crippen molar-refractivity contribution >= 4 is 18.4 Å². The molecule has 0 radical (unpaired) electrons. The van der Waals surface area contributed by atoms with E-state index in [1.54, 1.807) is 0 Å². The van der Waals surface area contributed by atoms with E-state index in [-0.39, 0.29) is 0 Å². The summed E-state index contributed by atoms with van der Waals surface area (Å²) in [5.41, 5.74) is 0.936. The first-order valence-electron chi connectivity index (χ1n) is 10.6. The van der Waals surface area contributed by atoms with Gasteiger partial charge < -0.3 is 0 Å². The van der Waals surface area contributed by atoms with Crippen molar-refractivity contribution in [2.45, 2.75) is 78.7 Å². The number of rotatable bonds is 15. The standard InChI is InChI=1S/C11H13O2.3C4H9.Sn/c1-13-9-5-8-11(12)10-6-3-2-4-7-10;3*1-3-4-2;/h2-8,11-12H,1,9H2;3*1,3-4H2,2H3;/b8-5-;;;;. The predicted octanol–water partition coefficient (Wildman–Crippen LogP) is 6.68. The molecule has 0 aliphatic carbocycles. The molecule has 0 bridgehead atoms. The van der Waals surface area contributed by atoms with Crippen LogP contribution in [0.15, 0.2) is 42.5 Å². The van der Waals surface area contributed by atoms with Crippen LogP contribution >= 0.6 is 0 Å². The van der Waals surface area contributed by atoms with E-state index in [0.717, 1.165) is 10.2 Å². The Bertz CT molecular complexity index is 451. The molecule has 1 atom stereocenters. The molecule has 0 aliphatic heterocycles. The van der Waals surface area contributed by atoms with Crippen LogP contribution in [0.5, 0.6) is 0 Å². The van der Waals surface area contributed by atoms with Gasteiger partial charge in [0.05, 0.1) is 0 Å². The van der Waals surface area contributed by atoms with Crippen LogP contribution in [0, 0.1) is 0 Å². The van der Waals surface area contributed by atoms with Crippen LogP contribution in [0.3, 0.4) is 0 Å². The molecule has 148 valence electrons. The van der Waals surface area contributed by atoms with Gasteiger partial charge in [0.1, 0.15) is 0 Å². The third kappa shape index (κ3) is 9.57. The van der Waals surface area contributed by atoms with Crippen molar-refractivity contribution in [2.75, 3.05) is 11.2 Å². The second-order valence-corrected chi connectivity index (χ2v) is 21.3. The van der Waals surface area contributed by atoms with E-state index in [4.69, 9.17) is 4.74 Å². The van der Waals surface area contributed by atoms with Crippen molar-refractivity contribution < 1.29 is 9.84 Å². The van der Waals surface area contributed by atoms with E-state index in [1.165, 1.54) is 51.8 Å². The summed E-state index contributed by atoms with van der Waals surface area (Å²) in [6.07, 6.45) is 11.4. The summed E-state index contributed by atoms with van der Waals surface area (Å²) in [7, 11) is 0. The van der Waals surface area contributed by atoms with E-state index in [9.17, 15) is 5.11 Å². The summed E-state index contributed by atoms with van der Waals surface area (Å²) in [4.78, 5) is 0. The second kappa shape index (κ2) is 14.7. The van der Waals surface area contributed by atoms with Gasteiger partial charge in [-0.15, -0.1) is 0 Å². The Morgan fingerprint density at radius 2 is 1.46 bits per heavy atom. The van der Waals surface area contributed by atoms with Crippen molar-refractivity contribution in [3.05, 3.63) is 48.0 Å².